The summed E-state index contributed by atoms with van der Waals surface area (Å²) in [6, 6.07) is 1.99. The van der Waals surface area contributed by atoms with Crippen molar-refractivity contribution in [1.29, 1.82) is 0 Å². The molecule has 1 fully saturated rings. The van der Waals surface area contributed by atoms with Gasteiger partial charge in [-0.2, -0.15) is 0 Å². The number of aromatic nitrogens is 2. The van der Waals surface area contributed by atoms with Crippen LogP contribution in [0.5, 0.6) is 0 Å². The monoisotopic (exact) mass is 212 g/mol. The van der Waals surface area contributed by atoms with Crippen LogP contribution in [0.15, 0.2) is 6.07 Å². The molecule has 5 heteroatoms. The van der Waals surface area contributed by atoms with Crippen LogP contribution in [0.25, 0.3) is 0 Å². The van der Waals surface area contributed by atoms with Gasteiger partial charge in [0.15, 0.2) is 11.0 Å². The Balaban J connectivity index is 2.18. The van der Waals surface area contributed by atoms with Gasteiger partial charge in [-0.15, -0.1) is 10.2 Å². The lowest BCUT2D eigenvalue weighted by atomic mass is 10.3. The van der Waals surface area contributed by atoms with Gasteiger partial charge in [0.05, 0.1) is 0 Å². The third-order valence-corrected chi connectivity index (χ3v) is 2.73. The third kappa shape index (κ3) is 1.96. The van der Waals surface area contributed by atoms with Crippen molar-refractivity contribution in [3.05, 3.63) is 16.8 Å². The molecule has 1 aromatic rings. The minimum Gasteiger partial charge on any atom is -0.353 e. The second-order valence-corrected chi connectivity index (χ2v) is 3.77. The van der Waals surface area contributed by atoms with Gasteiger partial charge < -0.3 is 10.2 Å². The molecule has 1 aliphatic heterocycles. The first-order valence-corrected chi connectivity index (χ1v) is 5.10. The summed E-state index contributed by atoms with van der Waals surface area (Å²) >= 11 is 5.82. The Morgan fingerprint density at radius 2 is 2.07 bits per heavy atom. The van der Waals surface area contributed by atoms with E-state index in [1.165, 1.54) is 0 Å². The summed E-state index contributed by atoms with van der Waals surface area (Å²) in [6.07, 6.45) is 0. The second kappa shape index (κ2) is 4.11. The van der Waals surface area contributed by atoms with Gasteiger partial charge in [-0.05, 0) is 18.6 Å². The minimum absolute atomic E-state index is 0.490. The highest BCUT2D eigenvalue weighted by Gasteiger charge is 2.12. The normalized spacial score (nSPS) is 17.1. The van der Waals surface area contributed by atoms with Crippen molar-refractivity contribution in [3.63, 3.8) is 0 Å². The molecule has 0 atom stereocenters. The molecular weight excluding hydrogens is 200 g/mol. The zero-order valence-corrected chi connectivity index (χ0v) is 8.88. The van der Waals surface area contributed by atoms with E-state index in [4.69, 9.17) is 11.6 Å². The van der Waals surface area contributed by atoms with Gasteiger partial charge >= 0.3 is 0 Å². The molecule has 4 nitrogen and oxygen atoms in total. The van der Waals surface area contributed by atoms with Crippen molar-refractivity contribution in [1.82, 2.24) is 15.5 Å². The summed E-state index contributed by atoms with van der Waals surface area (Å²) in [5.74, 6) is 0.924. The Kier molecular flexibility index (Phi) is 2.84. The van der Waals surface area contributed by atoms with Gasteiger partial charge in [0.1, 0.15) is 0 Å². The standard InChI is InChI=1S/C9H13ClN4/c1-7-6-8(12-13-9(7)10)14-4-2-11-3-5-14/h6,11H,2-5H2,1H3. The van der Waals surface area contributed by atoms with Gasteiger partial charge in [0, 0.05) is 26.2 Å². The molecule has 76 valence electrons. The molecule has 1 aliphatic rings. The van der Waals surface area contributed by atoms with E-state index in [9.17, 15) is 0 Å². The number of piperazine rings is 1. The average Bonchev–Trinajstić information content (AvgIpc) is 2.23. The first-order valence-electron chi connectivity index (χ1n) is 4.73. The number of halogens is 1. The van der Waals surface area contributed by atoms with Crippen molar-refractivity contribution in [2.45, 2.75) is 6.92 Å². The first-order chi connectivity index (χ1) is 6.77. The number of anilines is 1. The van der Waals surface area contributed by atoms with E-state index in [0.29, 0.717) is 5.15 Å². The van der Waals surface area contributed by atoms with Crippen LogP contribution in [0.1, 0.15) is 5.56 Å². The predicted octanol–water partition coefficient (Wildman–Crippen LogP) is 0.848. The Labute approximate surface area is 88.3 Å². The quantitative estimate of drug-likeness (QED) is 0.750. The summed E-state index contributed by atoms with van der Waals surface area (Å²) in [4.78, 5) is 2.22. The largest absolute Gasteiger partial charge is 0.353 e. The molecule has 0 aliphatic carbocycles. The van der Waals surface area contributed by atoms with Gasteiger partial charge in [0.2, 0.25) is 0 Å². The molecule has 0 aromatic carbocycles. The fourth-order valence-corrected chi connectivity index (χ4v) is 1.60. The van der Waals surface area contributed by atoms with E-state index >= 15 is 0 Å². The molecule has 1 N–H and O–H groups in total. The van der Waals surface area contributed by atoms with Crippen LogP contribution in [0.2, 0.25) is 5.15 Å². The minimum atomic E-state index is 0.490. The molecule has 0 bridgehead atoms. The summed E-state index contributed by atoms with van der Waals surface area (Å²) in [5.41, 5.74) is 0.982. The van der Waals surface area contributed by atoms with Gasteiger partial charge in [-0.25, -0.2) is 0 Å². The molecule has 0 unspecified atom stereocenters. The van der Waals surface area contributed by atoms with Crippen molar-refractivity contribution in [2.75, 3.05) is 31.1 Å². The number of nitrogens with one attached hydrogen (secondary N) is 1. The van der Waals surface area contributed by atoms with E-state index < -0.39 is 0 Å². The zero-order valence-electron chi connectivity index (χ0n) is 8.13. The third-order valence-electron chi connectivity index (χ3n) is 2.35. The Morgan fingerprint density at radius 3 is 2.71 bits per heavy atom. The van der Waals surface area contributed by atoms with Crippen molar-refractivity contribution < 1.29 is 0 Å². The summed E-state index contributed by atoms with van der Waals surface area (Å²) in [6.45, 7) is 5.92. The van der Waals surface area contributed by atoms with Crippen LogP contribution >= 0.6 is 11.6 Å². The maximum atomic E-state index is 5.82. The lowest BCUT2D eigenvalue weighted by Crippen LogP contribution is -2.44. The van der Waals surface area contributed by atoms with Crippen LogP contribution in [-0.4, -0.2) is 36.4 Å². The number of rotatable bonds is 1. The highest BCUT2D eigenvalue weighted by Crippen LogP contribution is 2.16. The Bertz CT molecular complexity index is 323. The maximum absolute atomic E-state index is 5.82. The fraction of sp³-hybridized carbons (Fsp3) is 0.556. The van der Waals surface area contributed by atoms with Crippen LogP contribution < -0.4 is 10.2 Å². The molecule has 1 saturated heterocycles. The molecule has 0 radical (unpaired) electrons. The van der Waals surface area contributed by atoms with Gasteiger partial charge in [0.25, 0.3) is 0 Å². The zero-order chi connectivity index (χ0) is 9.97. The Morgan fingerprint density at radius 1 is 1.36 bits per heavy atom. The van der Waals surface area contributed by atoms with Crippen LogP contribution in [0.3, 0.4) is 0 Å². The van der Waals surface area contributed by atoms with Crippen LogP contribution in [0, 0.1) is 6.92 Å². The second-order valence-electron chi connectivity index (χ2n) is 3.41. The fourth-order valence-electron chi connectivity index (χ4n) is 1.50. The first kappa shape index (κ1) is 9.68. The molecular formula is C9H13ClN4. The van der Waals surface area contributed by atoms with E-state index in [-0.39, 0.29) is 0 Å². The lowest BCUT2D eigenvalue weighted by molar-refractivity contribution is 0.582. The van der Waals surface area contributed by atoms with Gasteiger partial charge in [-0.3, -0.25) is 0 Å². The van der Waals surface area contributed by atoms with E-state index in [0.717, 1.165) is 37.6 Å². The van der Waals surface area contributed by atoms with Crippen molar-refractivity contribution in [3.8, 4) is 0 Å². The molecule has 0 amide bonds. The highest BCUT2D eigenvalue weighted by molar-refractivity contribution is 6.30. The van der Waals surface area contributed by atoms with Crippen LogP contribution in [0.4, 0.5) is 5.82 Å². The average molecular weight is 213 g/mol. The lowest BCUT2D eigenvalue weighted by Gasteiger charge is -2.28. The van der Waals surface area contributed by atoms with Crippen molar-refractivity contribution >= 4 is 17.4 Å². The van der Waals surface area contributed by atoms with Gasteiger partial charge in [-0.1, -0.05) is 11.6 Å². The molecule has 0 spiro atoms. The molecule has 14 heavy (non-hydrogen) atoms. The van der Waals surface area contributed by atoms with E-state index in [1.807, 2.05) is 13.0 Å². The van der Waals surface area contributed by atoms with E-state index in [1.54, 1.807) is 0 Å². The number of hydrogen-bond acceptors (Lipinski definition) is 4. The number of aryl methyl sites for hydroxylation is 1. The van der Waals surface area contributed by atoms with Crippen molar-refractivity contribution in [2.24, 2.45) is 0 Å². The maximum Gasteiger partial charge on any atom is 0.154 e. The summed E-state index contributed by atoms with van der Waals surface area (Å²) < 4.78 is 0. The topological polar surface area (TPSA) is 41.0 Å². The number of nitrogens with zero attached hydrogens (tertiary/aromatic N) is 3. The molecule has 1 aromatic heterocycles. The van der Waals surface area contributed by atoms with E-state index in [2.05, 4.69) is 20.4 Å². The molecule has 2 heterocycles. The van der Waals surface area contributed by atoms with Crippen LogP contribution in [-0.2, 0) is 0 Å². The predicted molar refractivity (Wildman–Crippen MR) is 56.9 cm³/mol. The molecule has 0 saturated carbocycles. The molecule has 2 rings (SSSR count). The number of hydrogen-bond donors (Lipinski definition) is 1. The summed E-state index contributed by atoms with van der Waals surface area (Å²) in [5, 5.41) is 11.8. The SMILES string of the molecule is Cc1cc(N2CCNCC2)nnc1Cl. The smallest absolute Gasteiger partial charge is 0.154 e. The highest BCUT2D eigenvalue weighted by atomic mass is 35.5. The summed E-state index contributed by atoms with van der Waals surface area (Å²) in [7, 11) is 0. The Hall–Kier alpha value is -0.870.